The molecular formula is C18H20N2O4. The number of para-hydroxylation sites is 1. The van der Waals surface area contributed by atoms with Crippen molar-refractivity contribution in [3.63, 3.8) is 0 Å². The fraction of sp³-hybridized carbons (Fsp3) is 0.333. The number of nitrogen functional groups attached to an aromatic ring is 1. The van der Waals surface area contributed by atoms with E-state index in [0.717, 1.165) is 25.7 Å². The van der Waals surface area contributed by atoms with E-state index in [1.807, 2.05) is 30.3 Å². The zero-order chi connectivity index (χ0) is 16.9. The van der Waals surface area contributed by atoms with E-state index >= 15 is 0 Å². The number of rotatable bonds is 5. The summed E-state index contributed by atoms with van der Waals surface area (Å²) >= 11 is 0. The van der Waals surface area contributed by atoms with Crippen molar-refractivity contribution in [2.24, 2.45) is 0 Å². The molecule has 24 heavy (non-hydrogen) atoms. The molecule has 6 nitrogen and oxygen atoms in total. The van der Waals surface area contributed by atoms with E-state index in [4.69, 9.17) is 15.2 Å². The summed E-state index contributed by atoms with van der Waals surface area (Å²) in [6, 6.07) is 12.0. The van der Waals surface area contributed by atoms with Crippen LogP contribution in [0, 0.1) is 10.1 Å². The summed E-state index contributed by atoms with van der Waals surface area (Å²) in [6.07, 6.45) is 5.37. The van der Waals surface area contributed by atoms with Gasteiger partial charge in [-0.2, -0.15) is 0 Å². The molecule has 0 aliphatic heterocycles. The fourth-order valence-corrected chi connectivity index (χ4v) is 2.87. The minimum Gasteiger partial charge on any atom is -0.486 e. The summed E-state index contributed by atoms with van der Waals surface area (Å²) in [5.74, 6) is 1.39. The van der Waals surface area contributed by atoms with E-state index in [0.29, 0.717) is 17.2 Å². The Morgan fingerprint density at radius 1 is 1.04 bits per heavy atom. The molecule has 1 aliphatic rings. The van der Waals surface area contributed by atoms with Gasteiger partial charge in [-0.25, -0.2) is 0 Å². The molecule has 0 unspecified atom stereocenters. The first-order valence-electron chi connectivity index (χ1n) is 8.11. The largest absolute Gasteiger partial charge is 0.486 e. The number of hydrogen-bond donors (Lipinski definition) is 1. The maximum atomic E-state index is 11.2. The van der Waals surface area contributed by atoms with Crippen molar-refractivity contribution in [1.82, 2.24) is 0 Å². The molecule has 0 atom stereocenters. The highest BCUT2D eigenvalue weighted by atomic mass is 16.6. The Morgan fingerprint density at radius 2 is 1.75 bits per heavy atom. The van der Waals surface area contributed by atoms with Gasteiger partial charge in [-0.1, -0.05) is 24.6 Å². The first-order chi connectivity index (χ1) is 11.6. The number of nitro groups is 1. The van der Waals surface area contributed by atoms with Gasteiger partial charge in [0.05, 0.1) is 17.1 Å². The highest BCUT2D eigenvalue weighted by Crippen LogP contribution is 2.40. The SMILES string of the molecule is Nc1cc(Oc2ccccc2)c(OC2CCCCC2)cc1[N+](=O)[O-]. The summed E-state index contributed by atoms with van der Waals surface area (Å²) in [4.78, 5) is 10.7. The molecule has 0 bridgehead atoms. The molecule has 0 heterocycles. The maximum Gasteiger partial charge on any atom is 0.296 e. The molecule has 0 amide bonds. The fourth-order valence-electron chi connectivity index (χ4n) is 2.87. The van der Waals surface area contributed by atoms with E-state index in [1.54, 1.807) is 0 Å². The van der Waals surface area contributed by atoms with E-state index in [1.165, 1.54) is 18.6 Å². The van der Waals surface area contributed by atoms with Gasteiger partial charge in [0.1, 0.15) is 11.4 Å². The first-order valence-corrected chi connectivity index (χ1v) is 8.11. The van der Waals surface area contributed by atoms with Gasteiger partial charge >= 0.3 is 0 Å². The van der Waals surface area contributed by atoms with Crippen LogP contribution in [0.5, 0.6) is 17.2 Å². The average molecular weight is 328 g/mol. The third-order valence-electron chi connectivity index (χ3n) is 4.11. The van der Waals surface area contributed by atoms with Crippen molar-refractivity contribution in [1.29, 1.82) is 0 Å². The number of hydrogen-bond acceptors (Lipinski definition) is 5. The smallest absolute Gasteiger partial charge is 0.296 e. The van der Waals surface area contributed by atoms with Gasteiger partial charge in [-0.3, -0.25) is 10.1 Å². The van der Waals surface area contributed by atoms with Gasteiger partial charge < -0.3 is 15.2 Å². The molecule has 2 aromatic carbocycles. The predicted octanol–water partition coefficient (Wildman–Crippen LogP) is 4.68. The van der Waals surface area contributed by atoms with E-state index in [9.17, 15) is 10.1 Å². The van der Waals surface area contributed by atoms with Crippen molar-refractivity contribution in [3.8, 4) is 17.2 Å². The minimum atomic E-state index is -0.505. The summed E-state index contributed by atoms with van der Waals surface area (Å²) in [7, 11) is 0. The molecule has 2 N–H and O–H groups in total. The Bertz CT molecular complexity index is 712. The van der Waals surface area contributed by atoms with Crippen LogP contribution >= 0.6 is 0 Å². The summed E-state index contributed by atoms with van der Waals surface area (Å²) in [5, 5.41) is 11.2. The van der Waals surface area contributed by atoms with Gasteiger partial charge in [-0.05, 0) is 37.8 Å². The Kier molecular flexibility index (Phi) is 4.84. The lowest BCUT2D eigenvalue weighted by Gasteiger charge is -2.24. The van der Waals surface area contributed by atoms with Crippen LogP contribution in [-0.4, -0.2) is 11.0 Å². The van der Waals surface area contributed by atoms with E-state index in [2.05, 4.69) is 0 Å². The van der Waals surface area contributed by atoms with Crippen molar-refractivity contribution in [2.75, 3.05) is 5.73 Å². The monoisotopic (exact) mass is 328 g/mol. The van der Waals surface area contributed by atoms with Crippen LogP contribution in [0.4, 0.5) is 11.4 Å². The molecular weight excluding hydrogens is 308 g/mol. The summed E-state index contributed by atoms with van der Waals surface area (Å²) in [5.41, 5.74) is 5.69. The van der Waals surface area contributed by atoms with Crippen LogP contribution in [0.1, 0.15) is 32.1 Å². The van der Waals surface area contributed by atoms with E-state index in [-0.39, 0.29) is 17.5 Å². The van der Waals surface area contributed by atoms with Gasteiger partial charge in [0, 0.05) is 6.07 Å². The molecule has 0 aromatic heterocycles. The quantitative estimate of drug-likeness (QED) is 0.489. The third kappa shape index (κ3) is 3.76. The lowest BCUT2D eigenvalue weighted by atomic mass is 9.98. The lowest BCUT2D eigenvalue weighted by Crippen LogP contribution is -2.20. The zero-order valence-corrected chi connectivity index (χ0v) is 13.3. The molecule has 1 saturated carbocycles. The number of anilines is 1. The van der Waals surface area contributed by atoms with Crippen LogP contribution in [0.15, 0.2) is 42.5 Å². The Balaban J connectivity index is 1.92. The van der Waals surface area contributed by atoms with Crippen molar-refractivity contribution < 1.29 is 14.4 Å². The molecule has 1 fully saturated rings. The van der Waals surface area contributed by atoms with E-state index < -0.39 is 4.92 Å². The van der Waals surface area contributed by atoms with Gasteiger partial charge in [0.2, 0.25) is 0 Å². The highest BCUT2D eigenvalue weighted by Gasteiger charge is 2.22. The van der Waals surface area contributed by atoms with Gasteiger partial charge in [0.25, 0.3) is 5.69 Å². The molecule has 0 spiro atoms. The zero-order valence-electron chi connectivity index (χ0n) is 13.3. The van der Waals surface area contributed by atoms with Crippen LogP contribution < -0.4 is 15.2 Å². The summed E-state index contributed by atoms with van der Waals surface area (Å²) < 4.78 is 11.9. The molecule has 2 aromatic rings. The van der Waals surface area contributed by atoms with Crippen molar-refractivity contribution in [3.05, 3.63) is 52.6 Å². The number of nitro benzene ring substituents is 1. The first kappa shape index (κ1) is 16.1. The standard InChI is InChI=1S/C18H20N2O4/c19-15-11-17(23-13-7-3-1-4-8-13)18(12-16(15)20(21)22)24-14-9-5-2-6-10-14/h1,3-4,7-8,11-12,14H,2,5-6,9-10,19H2. The predicted molar refractivity (Wildman–Crippen MR) is 91.5 cm³/mol. The average Bonchev–Trinajstić information content (AvgIpc) is 2.59. The molecule has 3 rings (SSSR count). The summed E-state index contributed by atoms with van der Waals surface area (Å²) in [6.45, 7) is 0. The number of nitrogens with two attached hydrogens (primary N) is 1. The second-order valence-electron chi connectivity index (χ2n) is 5.91. The third-order valence-corrected chi connectivity index (χ3v) is 4.11. The molecule has 0 radical (unpaired) electrons. The normalized spacial score (nSPS) is 15.0. The van der Waals surface area contributed by atoms with Crippen LogP contribution in [0.3, 0.4) is 0 Å². The Hall–Kier alpha value is -2.76. The lowest BCUT2D eigenvalue weighted by molar-refractivity contribution is -0.384. The Morgan fingerprint density at radius 3 is 2.42 bits per heavy atom. The molecule has 1 aliphatic carbocycles. The molecule has 6 heteroatoms. The van der Waals surface area contributed by atoms with Gasteiger partial charge in [-0.15, -0.1) is 0 Å². The number of benzene rings is 2. The number of nitrogens with zero attached hydrogens (tertiary/aromatic N) is 1. The molecule has 126 valence electrons. The van der Waals surface area contributed by atoms with Gasteiger partial charge in [0.15, 0.2) is 11.5 Å². The minimum absolute atomic E-state index is 0.0556. The van der Waals surface area contributed by atoms with Crippen LogP contribution in [0.2, 0.25) is 0 Å². The Labute approximate surface area is 140 Å². The molecule has 0 saturated heterocycles. The van der Waals surface area contributed by atoms with Crippen molar-refractivity contribution >= 4 is 11.4 Å². The highest BCUT2D eigenvalue weighted by molar-refractivity contribution is 5.66. The van der Waals surface area contributed by atoms with Crippen LogP contribution in [-0.2, 0) is 0 Å². The van der Waals surface area contributed by atoms with Crippen molar-refractivity contribution in [2.45, 2.75) is 38.2 Å². The second kappa shape index (κ2) is 7.21. The van der Waals surface area contributed by atoms with Crippen LogP contribution in [0.25, 0.3) is 0 Å². The topological polar surface area (TPSA) is 87.6 Å². The second-order valence-corrected chi connectivity index (χ2v) is 5.91. The number of ether oxygens (including phenoxy) is 2. The maximum absolute atomic E-state index is 11.2.